The molecule has 0 saturated carbocycles. The highest BCUT2D eigenvalue weighted by Gasteiger charge is 2.11. The zero-order chi connectivity index (χ0) is 17.0. The monoisotopic (exact) mass is 317 g/mol. The minimum absolute atomic E-state index is 0.276. The molecule has 0 saturated heterocycles. The molecule has 0 unspecified atom stereocenters. The molecule has 0 atom stereocenters. The SMILES string of the molecule is Cc1nn(C)c(C)c1CCNC(=O)Nc1cncnc1N(C)C. The smallest absolute Gasteiger partial charge is 0.319 e. The largest absolute Gasteiger partial charge is 0.361 e. The highest BCUT2D eigenvalue weighted by molar-refractivity contribution is 5.92. The first-order chi connectivity index (χ1) is 10.9. The lowest BCUT2D eigenvalue weighted by molar-refractivity contribution is 0.252. The van der Waals surface area contributed by atoms with Crippen molar-refractivity contribution in [1.29, 1.82) is 0 Å². The maximum atomic E-state index is 12.0. The van der Waals surface area contributed by atoms with Gasteiger partial charge in [0.15, 0.2) is 5.82 Å². The Morgan fingerprint density at radius 1 is 1.35 bits per heavy atom. The average Bonchev–Trinajstić information content (AvgIpc) is 2.73. The summed E-state index contributed by atoms with van der Waals surface area (Å²) in [6, 6.07) is -0.276. The van der Waals surface area contributed by atoms with Crippen molar-refractivity contribution in [2.75, 3.05) is 30.9 Å². The predicted molar refractivity (Wildman–Crippen MR) is 89.8 cm³/mol. The Kier molecular flexibility index (Phi) is 5.15. The van der Waals surface area contributed by atoms with E-state index in [-0.39, 0.29) is 6.03 Å². The van der Waals surface area contributed by atoms with Gasteiger partial charge in [0.25, 0.3) is 0 Å². The van der Waals surface area contributed by atoms with Crippen molar-refractivity contribution in [3.05, 3.63) is 29.5 Å². The van der Waals surface area contributed by atoms with Crippen LogP contribution in [-0.4, -0.2) is 46.4 Å². The number of aryl methyl sites for hydroxylation is 2. The fraction of sp³-hybridized carbons (Fsp3) is 0.467. The van der Waals surface area contributed by atoms with Gasteiger partial charge >= 0.3 is 6.03 Å². The van der Waals surface area contributed by atoms with E-state index >= 15 is 0 Å². The first-order valence-electron chi connectivity index (χ1n) is 7.41. The summed E-state index contributed by atoms with van der Waals surface area (Å²) in [5, 5.41) is 10.00. The maximum Gasteiger partial charge on any atom is 0.319 e. The molecule has 2 amide bonds. The second-order valence-electron chi connectivity index (χ2n) is 5.56. The Labute approximate surface area is 135 Å². The third kappa shape index (κ3) is 3.97. The number of anilines is 2. The Morgan fingerprint density at radius 2 is 2.09 bits per heavy atom. The van der Waals surface area contributed by atoms with Gasteiger partial charge in [-0.05, 0) is 25.8 Å². The average molecular weight is 317 g/mol. The number of rotatable bonds is 5. The Bertz CT molecular complexity index is 693. The highest BCUT2D eigenvalue weighted by Crippen LogP contribution is 2.18. The van der Waals surface area contributed by atoms with E-state index in [4.69, 9.17) is 0 Å². The topological polar surface area (TPSA) is 88.0 Å². The Morgan fingerprint density at radius 3 is 2.70 bits per heavy atom. The van der Waals surface area contributed by atoms with Crippen LogP contribution in [0, 0.1) is 13.8 Å². The predicted octanol–water partition coefficient (Wildman–Crippen LogP) is 1.26. The van der Waals surface area contributed by atoms with Gasteiger partial charge in [0, 0.05) is 33.4 Å². The van der Waals surface area contributed by atoms with Crippen molar-refractivity contribution in [3.8, 4) is 0 Å². The van der Waals surface area contributed by atoms with Gasteiger partial charge in [-0.15, -0.1) is 0 Å². The molecular weight excluding hydrogens is 294 g/mol. The van der Waals surface area contributed by atoms with Crippen LogP contribution in [0.15, 0.2) is 12.5 Å². The quantitative estimate of drug-likeness (QED) is 0.867. The van der Waals surface area contributed by atoms with Gasteiger partial charge in [0.2, 0.25) is 0 Å². The van der Waals surface area contributed by atoms with Crippen LogP contribution in [-0.2, 0) is 13.5 Å². The molecule has 23 heavy (non-hydrogen) atoms. The van der Waals surface area contributed by atoms with Crippen LogP contribution in [0.3, 0.4) is 0 Å². The number of carbonyl (C=O) groups is 1. The molecule has 2 rings (SSSR count). The van der Waals surface area contributed by atoms with Crippen LogP contribution in [0.25, 0.3) is 0 Å². The number of carbonyl (C=O) groups excluding carboxylic acids is 1. The van der Waals surface area contributed by atoms with Crippen LogP contribution in [0.2, 0.25) is 0 Å². The number of hydrogen-bond donors (Lipinski definition) is 2. The summed E-state index contributed by atoms with van der Waals surface area (Å²) in [7, 11) is 5.64. The first-order valence-corrected chi connectivity index (χ1v) is 7.41. The third-order valence-electron chi connectivity index (χ3n) is 3.68. The van der Waals surface area contributed by atoms with Crippen LogP contribution < -0.4 is 15.5 Å². The zero-order valence-corrected chi connectivity index (χ0v) is 14.2. The molecule has 0 aliphatic heterocycles. The van der Waals surface area contributed by atoms with E-state index < -0.39 is 0 Å². The summed E-state index contributed by atoms with van der Waals surface area (Å²) in [5.74, 6) is 0.661. The summed E-state index contributed by atoms with van der Waals surface area (Å²) < 4.78 is 1.86. The second kappa shape index (κ2) is 7.08. The summed E-state index contributed by atoms with van der Waals surface area (Å²) in [5.41, 5.74) is 3.86. The third-order valence-corrected chi connectivity index (χ3v) is 3.68. The zero-order valence-electron chi connectivity index (χ0n) is 14.2. The summed E-state index contributed by atoms with van der Waals surface area (Å²) in [4.78, 5) is 21.9. The van der Waals surface area contributed by atoms with Crippen LogP contribution in [0.1, 0.15) is 17.0 Å². The molecule has 2 aromatic rings. The summed E-state index contributed by atoms with van der Waals surface area (Å²) in [6.07, 6.45) is 3.77. The number of hydrogen-bond acceptors (Lipinski definition) is 5. The van der Waals surface area contributed by atoms with Crippen molar-refractivity contribution >= 4 is 17.5 Å². The van der Waals surface area contributed by atoms with E-state index in [0.717, 1.165) is 17.8 Å². The summed E-state index contributed by atoms with van der Waals surface area (Å²) >= 11 is 0. The molecule has 124 valence electrons. The van der Waals surface area contributed by atoms with Crippen LogP contribution in [0.4, 0.5) is 16.3 Å². The van der Waals surface area contributed by atoms with Gasteiger partial charge in [0.05, 0.1) is 11.9 Å². The first kappa shape index (κ1) is 16.7. The molecule has 0 radical (unpaired) electrons. The number of urea groups is 1. The van der Waals surface area contributed by atoms with E-state index in [1.165, 1.54) is 11.9 Å². The van der Waals surface area contributed by atoms with Crippen LogP contribution in [0.5, 0.6) is 0 Å². The minimum atomic E-state index is -0.276. The molecule has 8 heteroatoms. The van der Waals surface area contributed by atoms with Gasteiger partial charge in [-0.2, -0.15) is 5.10 Å². The van der Waals surface area contributed by atoms with E-state index in [0.29, 0.717) is 18.1 Å². The van der Waals surface area contributed by atoms with E-state index in [1.54, 1.807) is 6.20 Å². The minimum Gasteiger partial charge on any atom is -0.361 e. The molecule has 0 bridgehead atoms. The lowest BCUT2D eigenvalue weighted by Gasteiger charge is -2.16. The number of amides is 2. The second-order valence-corrected chi connectivity index (χ2v) is 5.56. The molecule has 0 spiro atoms. The number of nitrogens with one attached hydrogen (secondary N) is 2. The highest BCUT2D eigenvalue weighted by atomic mass is 16.2. The van der Waals surface area contributed by atoms with E-state index in [2.05, 4.69) is 25.7 Å². The maximum absolute atomic E-state index is 12.0. The van der Waals surface area contributed by atoms with Crippen molar-refractivity contribution in [3.63, 3.8) is 0 Å². The Hall–Kier alpha value is -2.64. The van der Waals surface area contributed by atoms with Gasteiger partial charge in [-0.1, -0.05) is 0 Å². The van der Waals surface area contributed by atoms with Crippen LogP contribution >= 0.6 is 0 Å². The molecule has 2 N–H and O–H groups in total. The molecule has 2 heterocycles. The summed E-state index contributed by atoms with van der Waals surface area (Å²) in [6.45, 7) is 4.54. The van der Waals surface area contributed by atoms with Gasteiger partial charge < -0.3 is 15.5 Å². The van der Waals surface area contributed by atoms with Crippen molar-refractivity contribution in [1.82, 2.24) is 25.1 Å². The fourth-order valence-electron chi connectivity index (χ4n) is 2.41. The Balaban J connectivity index is 1.91. The van der Waals surface area contributed by atoms with Crippen molar-refractivity contribution < 1.29 is 4.79 Å². The van der Waals surface area contributed by atoms with Crippen molar-refractivity contribution in [2.24, 2.45) is 7.05 Å². The van der Waals surface area contributed by atoms with Gasteiger partial charge in [-0.3, -0.25) is 4.68 Å². The molecule has 0 aromatic carbocycles. The van der Waals surface area contributed by atoms with Gasteiger partial charge in [0.1, 0.15) is 12.0 Å². The lowest BCUT2D eigenvalue weighted by atomic mass is 10.1. The molecule has 0 fully saturated rings. The standard InChI is InChI=1S/C15H23N7O/c1-10-12(11(2)22(5)20-10)6-7-17-15(23)19-13-8-16-9-18-14(13)21(3)4/h8-9H,6-7H2,1-5H3,(H2,17,19,23). The fourth-order valence-corrected chi connectivity index (χ4v) is 2.41. The molecule has 8 nitrogen and oxygen atoms in total. The number of aromatic nitrogens is 4. The van der Waals surface area contributed by atoms with Crippen molar-refractivity contribution in [2.45, 2.75) is 20.3 Å². The normalized spacial score (nSPS) is 10.5. The molecular formula is C15H23N7O. The molecule has 0 aliphatic rings. The molecule has 0 aliphatic carbocycles. The van der Waals surface area contributed by atoms with Gasteiger partial charge in [-0.25, -0.2) is 14.8 Å². The lowest BCUT2D eigenvalue weighted by Crippen LogP contribution is -2.31. The molecule has 2 aromatic heterocycles. The van der Waals surface area contributed by atoms with E-state index in [9.17, 15) is 4.79 Å². The number of nitrogens with zero attached hydrogens (tertiary/aromatic N) is 5. The van der Waals surface area contributed by atoms with E-state index in [1.807, 2.05) is 44.6 Å².